The van der Waals surface area contributed by atoms with Crippen molar-refractivity contribution in [2.24, 2.45) is 11.8 Å². The van der Waals surface area contributed by atoms with E-state index in [0.29, 0.717) is 24.2 Å². The van der Waals surface area contributed by atoms with Gasteiger partial charge >= 0.3 is 0 Å². The van der Waals surface area contributed by atoms with Crippen LogP contribution in [-0.4, -0.2) is 40.6 Å². The van der Waals surface area contributed by atoms with E-state index >= 15 is 0 Å². The number of hydrogen-bond acceptors (Lipinski definition) is 5. The van der Waals surface area contributed by atoms with Crippen LogP contribution in [0.3, 0.4) is 0 Å². The maximum absolute atomic E-state index is 12.7. The molecule has 6 nitrogen and oxygen atoms in total. The summed E-state index contributed by atoms with van der Waals surface area (Å²) >= 11 is 3.44. The number of likely N-dealkylation sites (tertiary alicyclic amines) is 1. The Hall–Kier alpha value is -2.51. The summed E-state index contributed by atoms with van der Waals surface area (Å²) in [7, 11) is 0. The first-order valence-corrected chi connectivity index (χ1v) is 12.5. The van der Waals surface area contributed by atoms with Gasteiger partial charge in [0.1, 0.15) is 0 Å². The molecular weight excluding hydrogens is 480 g/mol. The van der Waals surface area contributed by atoms with Crippen LogP contribution in [0, 0.1) is 11.8 Å². The number of halogens is 1. The number of carbonyl (C=O) groups excluding carboxylic acids is 1. The van der Waals surface area contributed by atoms with Crippen molar-refractivity contribution >= 4 is 21.8 Å². The Labute approximate surface area is 203 Å². The fraction of sp³-hybridized carbons (Fsp3) is 0.423. The first kappa shape index (κ1) is 23.6. The highest BCUT2D eigenvalue weighted by molar-refractivity contribution is 9.10. The lowest BCUT2D eigenvalue weighted by molar-refractivity contribution is -0.126. The molecule has 1 unspecified atom stereocenters. The molecular formula is C26H31BrN4O2. The molecule has 1 saturated heterocycles. The third kappa shape index (κ3) is 6.74. The highest BCUT2D eigenvalue weighted by Gasteiger charge is 2.26. The number of benzene rings is 2. The summed E-state index contributed by atoms with van der Waals surface area (Å²) in [6.45, 7) is 5.26. The first-order valence-electron chi connectivity index (χ1n) is 11.7. The predicted molar refractivity (Wildman–Crippen MR) is 132 cm³/mol. The molecule has 0 aliphatic carbocycles. The van der Waals surface area contributed by atoms with Crippen molar-refractivity contribution < 1.29 is 9.32 Å². The SMILES string of the molecule is CCC(CNC(=O)C1CCN(Cc2nc(-c3ccc(Br)cc3)no2)CC1)Cc1ccccc1. The summed E-state index contributed by atoms with van der Waals surface area (Å²) < 4.78 is 6.48. The predicted octanol–water partition coefficient (Wildman–Crippen LogP) is 5.10. The number of carbonyl (C=O) groups is 1. The minimum absolute atomic E-state index is 0.0801. The molecule has 1 aliphatic heterocycles. The largest absolute Gasteiger partial charge is 0.356 e. The van der Waals surface area contributed by atoms with Crippen LogP contribution in [-0.2, 0) is 17.8 Å². The second-order valence-electron chi connectivity index (χ2n) is 8.78. The Morgan fingerprint density at radius 2 is 1.88 bits per heavy atom. The van der Waals surface area contributed by atoms with Crippen LogP contribution in [0.25, 0.3) is 11.4 Å². The van der Waals surface area contributed by atoms with Gasteiger partial charge in [0, 0.05) is 22.5 Å². The summed E-state index contributed by atoms with van der Waals surface area (Å²) in [5.41, 5.74) is 2.26. The van der Waals surface area contributed by atoms with E-state index in [1.165, 1.54) is 5.56 Å². The van der Waals surface area contributed by atoms with E-state index in [-0.39, 0.29) is 11.8 Å². The Kier molecular flexibility index (Phi) is 8.29. The van der Waals surface area contributed by atoms with Crippen LogP contribution in [0.15, 0.2) is 63.6 Å². The third-order valence-electron chi connectivity index (χ3n) is 6.40. The molecule has 1 fully saturated rings. The van der Waals surface area contributed by atoms with Crippen molar-refractivity contribution in [3.8, 4) is 11.4 Å². The van der Waals surface area contributed by atoms with Crippen molar-refractivity contribution in [1.29, 1.82) is 0 Å². The lowest BCUT2D eigenvalue weighted by atomic mass is 9.94. The topological polar surface area (TPSA) is 71.3 Å². The molecule has 2 heterocycles. The molecule has 3 aromatic rings. The Bertz CT molecular complexity index is 1010. The monoisotopic (exact) mass is 510 g/mol. The molecule has 2 aromatic carbocycles. The average Bonchev–Trinajstić information content (AvgIpc) is 3.31. The standard InChI is InChI=1S/C26H31BrN4O2/c1-2-19(16-20-6-4-3-5-7-20)17-28-26(32)22-12-14-31(15-13-22)18-24-29-25(30-33-24)21-8-10-23(27)11-9-21/h3-11,19,22H,2,12-18H2,1H3,(H,28,32). The van der Waals surface area contributed by atoms with Crippen molar-refractivity contribution in [1.82, 2.24) is 20.4 Å². The van der Waals surface area contributed by atoms with Crippen molar-refractivity contribution in [3.05, 3.63) is 70.5 Å². The molecule has 1 amide bonds. The minimum atomic E-state index is 0.0801. The number of hydrogen-bond donors (Lipinski definition) is 1. The Balaban J connectivity index is 1.21. The molecule has 1 N–H and O–H groups in total. The molecule has 174 valence electrons. The lowest BCUT2D eigenvalue weighted by Gasteiger charge is -2.30. The molecule has 33 heavy (non-hydrogen) atoms. The van der Waals surface area contributed by atoms with Crippen LogP contribution in [0.4, 0.5) is 0 Å². The van der Waals surface area contributed by atoms with Gasteiger partial charge in [-0.2, -0.15) is 4.98 Å². The summed E-state index contributed by atoms with van der Waals surface area (Å²) in [6, 6.07) is 18.4. The van der Waals surface area contributed by atoms with E-state index in [9.17, 15) is 4.79 Å². The van der Waals surface area contributed by atoms with E-state index in [1.807, 2.05) is 30.3 Å². The van der Waals surface area contributed by atoms with E-state index < -0.39 is 0 Å². The number of rotatable bonds is 9. The minimum Gasteiger partial charge on any atom is -0.356 e. The number of piperidine rings is 1. The molecule has 0 bridgehead atoms. The van der Waals surface area contributed by atoms with Crippen molar-refractivity contribution in [3.63, 3.8) is 0 Å². The van der Waals surface area contributed by atoms with Crippen molar-refractivity contribution in [2.45, 2.75) is 39.2 Å². The maximum atomic E-state index is 12.7. The highest BCUT2D eigenvalue weighted by Crippen LogP contribution is 2.22. The number of amides is 1. The van der Waals surface area contributed by atoms with Crippen LogP contribution in [0.2, 0.25) is 0 Å². The fourth-order valence-electron chi connectivity index (χ4n) is 4.28. The zero-order valence-corrected chi connectivity index (χ0v) is 20.6. The second kappa shape index (κ2) is 11.6. The molecule has 1 atom stereocenters. The second-order valence-corrected chi connectivity index (χ2v) is 9.69. The average molecular weight is 511 g/mol. The lowest BCUT2D eigenvalue weighted by Crippen LogP contribution is -2.41. The van der Waals surface area contributed by atoms with E-state index in [2.05, 4.69) is 67.5 Å². The van der Waals surface area contributed by atoms with Crippen LogP contribution in [0.5, 0.6) is 0 Å². The molecule has 1 aliphatic rings. The van der Waals surface area contributed by atoms with Gasteiger partial charge in [0.25, 0.3) is 0 Å². The van der Waals surface area contributed by atoms with Gasteiger partial charge in [-0.05, 0) is 68.1 Å². The normalized spacial score (nSPS) is 15.9. The van der Waals surface area contributed by atoms with Gasteiger partial charge in [0.2, 0.25) is 17.6 Å². The zero-order chi connectivity index (χ0) is 23.0. The molecule has 0 spiro atoms. The van der Waals surface area contributed by atoms with Gasteiger partial charge in [-0.3, -0.25) is 9.69 Å². The van der Waals surface area contributed by atoms with E-state index in [4.69, 9.17) is 4.52 Å². The Morgan fingerprint density at radius 1 is 1.15 bits per heavy atom. The summed E-state index contributed by atoms with van der Waals surface area (Å²) in [5, 5.41) is 7.32. The highest BCUT2D eigenvalue weighted by atomic mass is 79.9. The number of aromatic nitrogens is 2. The van der Waals surface area contributed by atoms with Crippen LogP contribution >= 0.6 is 15.9 Å². The number of nitrogens with one attached hydrogen (secondary N) is 1. The number of nitrogens with zero attached hydrogens (tertiary/aromatic N) is 3. The third-order valence-corrected chi connectivity index (χ3v) is 6.93. The van der Waals surface area contributed by atoms with E-state index in [0.717, 1.165) is 55.4 Å². The van der Waals surface area contributed by atoms with Crippen molar-refractivity contribution in [2.75, 3.05) is 19.6 Å². The quantitative estimate of drug-likeness (QED) is 0.433. The smallest absolute Gasteiger partial charge is 0.241 e. The zero-order valence-electron chi connectivity index (χ0n) is 19.0. The van der Waals surface area contributed by atoms with Crippen LogP contribution in [0.1, 0.15) is 37.6 Å². The molecule has 0 saturated carbocycles. The van der Waals surface area contributed by atoms with Crippen LogP contribution < -0.4 is 5.32 Å². The fourth-order valence-corrected chi connectivity index (χ4v) is 4.54. The molecule has 1 aromatic heterocycles. The van der Waals surface area contributed by atoms with Gasteiger partial charge < -0.3 is 9.84 Å². The summed E-state index contributed by atoms with van der Waals surface area (Å²) in [6.07, 6.45) is 3.77. The summed E-state index contributed by atoms with van der Waals surface area (Å²) in [5.74, 6) is 1.96. The van der Waals surface area contributed by atoms with E-state index in [1.54, 1.807) is 0 Å². The van der Waals surface area contributed by atoms with Gasteiger partial charge in [-0.25, -0.2) is 0 Å². The summed E-state index contributed by atoms with van der Waals surface area (Å²) in [4.78, 5) is 19.6. The molecule has 0 radical (unpaired) electrons. The Morgan fingerprint density at radius 3 is 2.58 bits per heavy atom. The molecule has 4 rings (SSSR count). The maximum Gasteiger partial charge on any atom is 0.241 e. The van der Waals surface area contributed by atoms with Gasteiger partial charge in [-0.1, -0.05) is 64.8 Å². The first-order chi connectivity index (χ1) is 16.1. The van der Waals surface area contributed by atoms with Gasteiger partial charge in [0.15, 0.2) is 0 Å². The molecule has 7 heteroatoms. The van der Waals surface area contributed by atoms with Gasteiger partial charge in [0.05, 0.1) is 6.54 Å². The van der Waals surface area contributed by atoms with Gasteiger partial charge in [-0.15, -0.1) is 0 Å².